The highest BCUT2D eigenvalue weighted by Crippen LogP contribution is 2.37. The molecule has 110 valence electrons. The highest BCUT2D eigenvalue weighted by atomic mass is 16.7. The molecular formula is C15H24BNO3. The van der Waals surface area contributed by atoms with Gasteiger partial charge in [0.1, 0.15) is 11.3 Å². The first-order chi connectivity index (χ1) is 9.14. The highest BCUT2D eigenvalue weighted by Gasteiger charge is 2.53. The third-order valence-electron chi connectivity index (χ3n) is 4.14. The van der Waals surface area contributed by atoms with Crippen molar-refractivity contribution >= 4 is 12.7 Å². The van der Waals surface area contributed by atoms with Gasteiger partial charge >= 0.3 is 7.12 Å². The first kappa shape index (κ1) is 15.3. The maximum absolute atomic E-state index is 10.4. The van der Waals surface area contributed by atoms with E-state index in [9.17, 15) is 5.11 Å². The molecule has 0 radical (unpaired) electrons. The van der Waals surface area contributed by atoms with Crippen LogP contribution < -0.4 is 5.59 Å². The quantitative estimate of drug-likeness (QED) is 0.861. The van der Waals surface area contributed by atoms with Gasteiger partial charge in [0, 0.05) is 6.20 Å². The lowest BCUT2D eigenvalue weighted by Gasteiger charge is -2.32. The summed E-state index contributed by atoms with van der Waals surface area (Å²) in [5.74, 6) is 0.661. The lowest BCUT2D eigenvalue weighted by atomic mass is 9.82. The molecule has 0 spiro atoms. The Bertz CT molecular complexity index is 484. The molecule has 1 saturated heterocycles. The van der Waals surface area contributed by atoms with Gasteiger partial charge in [0.2, 0.25) is 0 Å². The summed E-state index contributed by atoms with van der Waals surface area (Å²) in [4.78, 5) is 4.26. The van der Waals surface area contributed by atoms with Crippen molar-refractivity contribution in [2.45, 2.75) is 59.2 Å². The average Bonchev–Trinajstić information content (AvgIpc) is 2.50. The van der Waals surface area contributed by atoms with E-state index < -0.39 is 18.3 Å². The molecule has 2 heterocycles. The van der Waals surface area contributed by atoms with Gasteiger partial charge in [-0.05, 0) is 51.7 Å². The van der Waals surface area contributed by atoms with Crippen molar-refractivity contribution in [1.29, 1.82) is 0 Å². The average molecular weight is 277 g/mol. The Kier molecular flexibility index (Phi) is 3.86. The van der Waals surface area contributed by atoms with Crippen LogP contribution in [-0.4, -0.2) is 28.4 Å². The van der Waals surface area contributed by atoms with Gasteiger partial charge in [-0.25, -0.2) is 0 Å². The smallest absolute Gasteiger partial charge is 0.506 e. The number of rotatable bonds is 3. The van der Waals surface area contributed by atoms with Crippen molar-refractivity contribution in [3.05, 3.63) is 17.8 Å². The van der Waals surface area contributed by atoms with E-state index >= 15 is 0 Å². The standard InChI is InChI=1S/C15H24BNO3/c1-10(2)9-11-7-8-17-13(12(11)18)16-19-14(3,4)15(5,6)20-16/h7-8,10,18H,9H2,1-6H3. The normalized spacial score (nSPS) is 20.6. The lowest BCUT2D eigenvalue weighted by Crippen LogP contribution is -2.41. The Balaban J connectivity index is 2.31. The van der Waals surface area contributed by atoms with Crippen LogP contribution in [0.1, 0.15) is 47.1 Å². The molecule has 1 aliphatic heterocycles. The first-order valence-corrected chi connectivity index (χ1v) is 7.16. The summed E-state index contributed by atoms with van der Waals surface area (Å²) in [6.45, 7) is 12.2. The minimum Gasteiger partial charge on any atom is -0.506 e. The maximum atomic E-state index is 10.4. The Hall–Kier alpha value is -1.07. The summed E-state index contributed by atoms with van der Waals surface area (Å²) in [5, 5.41) is 10.4. The minimum absolute atomic E-state index is 0.194. The molecule has 0 bridgehead atoms. The van der Waals surface area contributed by atoms with Crippen LogP contribution >= 0.6 is 0 Å². The molecule has 0 saturated carbocycles. The summed E-state index contributed by atoms with van der Waals surface area (Å²) >= 11 is 0. The van der Waals surface area contributed by atoms with Crippen molar-refractivity contribution in [2.75, 3.05) is 0 Å². The molecular weight excluding hydrogens is 253 g/mol. The molecule has 0 amide bonds. The zero-order valence-electron chi connectivity index (χ0n) is 13.2. The van der Waals surface area contributed by atoms with Crippen LogP contribution in [0.5, 0.6) is 5.75 Å². The van der Waals surface area contributed by atoms with Crippen LogP contribution in [0.25, 0.3) is 0 Å². The molecule has 4 nitrogen and oxygen atoms in total. The second-order valence-corrected chi connectivity index (χ2v) is 6.89. The SMILES string of the molecule is CC(C)Cc1ccnc(B2OC(C)(C)C(C)(C)O2)c1O. The zero-order valence-corrected chi connectivity index (χ0v) is 13.2. The molecule has 1 aliphatic rings. The van der Waals surface area contributed by atoms with Crippen LogP contribution in [-0.2, 0) is 15.7 Å². The predicted molar refractivity (Wildman–Crippen MR) is 80.2 cm³/mol. The fourth-order valence-electron chi connectivity index (χ4n) is 2.24. The van der Waals surface area contributed by atoms with E-state index in [1.807, 2.05) is 33.8 Å². The summed E-state index contributed by atoms with van der Waals surface area (Å²) in [5.41, 5.74) is 0.501. The number of aromatic hydroxyl groups is 1. The van der Waals surface area contributed by atoms with E-state index in [2.05, 4.69) is 18.8 Å². The number of nitrogens with zero attached hydrogens (tertiary/aromatic N) is 1. The van der Waals surface area contributed by atoms with Crippen molar-refractivity contribution in [3.63, 3.8) is 0 Å². The first-order valence-electron chi connectivity index (χ1n) is 7.16. The van der Waals surface area contributed by atoms with Crippen LogP contribution in [0.15, 0.2) is 12.3 Å². The summed E-state index contributed by atoms with van der Waals surface area (Å²) < 4.78 is 11.9. The molecule has 2 rings (SSSR count). The van der Waals surface area contributed by atoms with Crippen molar-refractivity contribution in [1.82, 2.24) is 4.98 Å². The van der Waals surface area contributed by atoms with Gasteiger partial charge in [-0.2, -0.15) is 0 Å². The number of hydrogen-bond donors (Lipinski definition) is 1. The van der Waals surface area contributed by atoms with Crippen LogP contribution in [0.4, 0.5) is 0 Å². The third kappa shape index (κ3) is 2.70. The summed E-state index contributed by atoms with van der Waals surface area (Å²) in [6, 6.07) is 1.85. The number of hydrogen-bond acceptors (Lipinski definition) is 4. The molecule has 1 aromatic rings. The summed E-state index contributed by atoms with van der Waals surface area (Å²) in [6.07, 6.45) is 2.51. The van der Waals surface area contributed by atoms with Gasteiger partial charge in [0.15, 0.2) is 0 Å². The van der Waals surface area contributed by atoms with Crippen LogP contribution in [0.2, 0.25) is 0 Å². The fraction of sp³-hybridized carbons (Fsp3) is 0.667. The molecule has 0 aliphatic carbocycles. The molecule has 20 heavy (non-hydrogen) atoms. The molecule has 0 atom stereocenters. The van der Waals surface area contributed by atoms with Crippen LogP contribution in [0, 0.1) is 5.92 Å². The van der Waals surface area contributed by atoms with Gasteiger partial charge in [-0.1, -0.05) is 13.8 Å². The van der Waals surface area contributed by atoms with Crippen molar-refractivity contribution in [2.24, 2.45) is 5.92 Å². The van der Waals surface area contributed by atoms with E-state index in [0.29, 0.717) is 11.5 Å². The Morgan fingerprint density at radius 1 is 1.20 bits per heavy atom. The molecule has 0 unspecified atom stereocenters. The Labute approximate surface area is 121 Å². The molecule has 1 fully saturated rings. The van der Waals surface area contributed by atoms with E-state index in [1.165, 1.54) is 0 Å². The van der Waals surface area contributed by atoms with E-state index in [4.69, 9.17) is 9.31 Å². The Morgan fingerprint density at radius 2 is 1.75 bits per heavy atom. The summed E-state index contributed by atoms with van der Waals surface area (Å²) in [7, 11) is -0.618. The minimum atomic E-state index is -0.618. The second-order valence-electron chi connectivity index (χ2n) is 6.89. The third-order valence-corrected chi connectivity index (χ3v) is 4.14. The number of aromatic nitrogens is 1. The highest BCUT2D eigenvalue weighted by molar-refractivity contribution is 6.62. The molecule has 1 N–H and O–H groups in total. The van der Waals surface area contributed by atoms with E-state index in [0.717, 1.165) is 12.0 Å². The maximum Gasteiger partial charge on any atom is 0.518 e. The van der Waals surface area contributed by atoms with Crippen molar-refractivity contribution < 1.29 is 14.4 Å². The molecule has 5 heteroatoms. The molecule has 0 aromatic carbocycles. The second kappa shape index (κ2) is 5.04. The predicted octanol–water partition coefficient (Wildman–Crippen LogP) is 2.28. The monoisotopic (exact) mass is 277 g/mol. The van der Waals surface area contributed by atoms with Gasteiger partial charge in [0.25, 0.3) is 0 Å². The number of pyridine rings is 1. The van der Waals surface area contributed by atoms with Gasteiger partial charge in [-0.3, -0.25) is 4.98 Å². The Morgan fingerprint density at radius 3 is 2.25 bits per heavy atom. The van der Waals surface area contributed by atoms with E-state index in [1.54, 1.807) is 6.20 Å². The van der Waals surface area contributed by atoms with Crippen LogP contribution in [0.3, 0.4) is 0 Å². The van der Waals surface area contributed by atoms with Gasteiger partial charge < -0.3 is 14.4 Å². The molecule has 1 aromatic heterocycles. The van der Waals surface area contributed by atoms with Crippen molar-refractivity contribution in [3.8, 4) is 5.75 Å². The fourth-order valence-corrected chi connectivity index (χ4v) is 2.24. The van der Waals surface area contributed by atoms with Gasteiger partial charge in [0.05, 0.1) is 11.2 Å². The zero-order chi connectivity index (χ0) is 15.1. The topological polar surface area (TPSA) is 51.6 Å². The largest absolute Gasteiger partial charge is 0.518 e. The van der Waals surface area contributed by atoms with Gasteiger partial charge in [-0.15, -0.1) is 0 Å². The van der Waals surface area contributed by atoms with E-state index in [-0.39, 0.29) is 5.75 Å². The lowest BCUT2D eigenvalue weighted by molar-refractivity contribution is 0.00578.